The van der Waals surface area contributed by atoms with Crippen molar-refractivity contribution in [3.63, 3.8) is 0 Å². The van der Waals surface area contributed by atoms with Crippen LogP contribution in [0.3, 0.4) is 0 Å². The minimum Gasteiger partial charge on any atom is -0.390 e. The molecule has 0 N–H and O–H groups in total. The van der Waals surface area contributed by atoms with E-state index in [2.05, 4.69) is 35.6 Å². The molecule has 0 bridgehead atoms. The van der Waals surface area contributed by atoms with Crippen LogP contribution < -0.4 is 0 Å². The molecule has 0 aliphatic rings. The molecule has 0 aliphatic carbocycles. The predicted octanol–water partition coefficient (Wildman–Crippen LogP) is 5.09. The quantitative estimate of drug-likeness (QED) is 0.475. The van der Waals surface area contributed by atoms with E-state index in [4.69, 9.17) is 4.84 Å². The van der Waals surface area contributed by atoms with Crippen molar-refractivity contribution in [2.45, 2.75) is 13.5 Å². The highest BCUT2D eigenvalue weighted by atomic mass is 16.6. The summed E-state index contributed by atoms with van der Waals surface area (Å²) in [5, 5.41) is 3.96. The Bertz CT molecular complexity index is 794. The van der Waals surface area contributed by atoms with E-state index in [1.165, 1.54) is 16.7 Å². The third kappa shape index (κ3) is 4.07. The van der Waals surface area contributed by atoms with Crippen molar-refractivity contribution < 1.29 is 4.84 Å². The molecule has 2 heteroatoms. The van der Waals surface area contributed by atoms with Gasteiger partial charge in [0.25, 0.3) is 0 Å². The summed E-state index contributed by atoms with van der Waals surface area (Å²) in [7, 11) is 0. The van der Waals surface area contributed by atoms with Gasteiger partial charge in [-0.2, -0.15) is 0 Å². The Morgan fingerprint density at radius 3 is 2.48 bits per heavy atom. The lowest BCUT2D eigenvalue weighted by molar-refractivity contribution is 0.132. The fraction of sp³-hybridized carbons (Fsp3) is 0.0952. The monoisotopic (exact) mass is 300 g/mol. The SMILES string of the molecule is Cc1cccc(/[C]=N/OCc2ccccc2-c2ccccc2)c1. The summed E-state index contributed by atoms with van der Waals surface area (Å²) in [6, 6.07) is 26.5. The van der Waals surface area contributed by atoms with E-state index < -0.39 is 0 Å². The Labute approximate surface area is 137 Å². The predicted molar refractivity (Wildman–Crippen MR) is 94.4 cm³/mol. The van der Waals surface area contributed by atoms with Gasteiger partial charge in [-0.15, -0.1) is 0 Å². The Morgan fingerprint density at radius 1 is 0.870 bits per heavy atom. The first-order valence-corrected chi connectivity index (χ1v) is 7.61. The second kappa shape index (κ2) is 7.41. The number of benzene rings is 3. The lowest BCUT2D eigenvalue weighted by Crippen LogP contribution is -1.92. The topological polar surface area (TPSA) is 21.6 Å². The summed E-state index contributed by atoms with van der Waals surface area (Å²) in [4.78, 5) is 5.44. The zero-order valence-corrected chi connectivity index (χ0v) is 13.1. The lowest BCUT2D eigenvalue weighted by atomic mass is 10.0. The minimum atomic E-state index is 0.421. The van der Waals surface area contributed by atoms with Crippen molar-refractivity contribution in [3.8, 4) is 11.1 Å². The van der Waals surface area contributed by atoms with E-state index >= 15 is 0 Å². The molecule has 0 aliphatic heterocycles. The minimum absolute atomic E-state index is 0.421. The van der Waals surface area contributed by atoms with Crippen LogP contribution in [0.2, 0.25) is 0 Å². The number of aryl methyl sites for hydroxylation is 1. The third-order valence-electron chi connectivity index (χ3n) is 3.58. The van der Waals surface area contributed by atoms with Crippen molar-refractivity contribution in [1.82, 2.24) is 0 Å². The van der Waals surface area contributed by atoms with Crippen molar-refractivity contribution >= 4 is 6.21 Å². The average Bonchev–Trinajstić information content (AvgIpc) is 2.60. The maximum Gasteiger partial charge on any atom is 0.142 e. The van der Waals surface area contributed by atoms with Gasteiger partial charge in [-0.1, -0.05) is 83.5 Å². The maximum atomic E-state index is 5.44. The molecule has 23 heavy (non-hydrogen) atoms. The van der Waals surface area contributed by atoms with Crippen LogP contribution in [0.4, 0.5) is 0 Å². The number of hydrogen-bond acceptors (Lipinski definition) is 2. The molecule has 0 fully saturated rings. The van der Waals surface area contributed by atoms with Crippen LogP contribution in [0, 0.1) is 6.92 Å². The first kappa shape index (κ1) is 15.0. The van der Waals surface area contributed by atoms with Gasteiger partial charge < -0.3 is 4.84 Å². The Hall–Kier alpha value is -2.87. The van der Waals surface area contributed by atoms with Crippen LogP contribution in [0.1, 0.15) is 16.7 Å². The van der Waals surface area contributed by atoms with Gasteiger partial charge in [0.15, 0.2) is 0 Å². The number of rotatable bonds is 5. The van der Waals surface area contributed by atoms with Gasteiger partial charge in [0.05, 0.1) is 0 Å². The molecule has 3 rings (SSSR count). The van der Waals surface area contributed by atoms with Crippen LogP contribution in [-0.2, 0) is 11.4 Å². The van der Waals surface area contributed by atoms with E-state index in [0.29, 0.717) is 6.61 Å². The summed E-state index contributed by atoms with van der Waals surface area (Å²) in [5.74, 6) is 0. The fourth-order valence-corrected chi connectivity index (χ4v) is 2.45. The molecular weight excluding hydrogens is 282 g/mol. The summed E-state index contributed by atoms with van der Waals surface area (Å²) in [6.45, 7) is 2.46. The standard InChI is InChI=1S/C21H18NO/c1-17-8-7-9-18(14-17)15-22-23-16-20-12-5-6-13-21(20)19-10-3-2-4-11-19/h2-14H,16H2,1H3. The summed E-state index contributed by atoms with van der Waals surface area (Å²) < 4.78 is 0. The van der Waals surface area contributed by atoms with Crippen LogP contribution in [0.25, 0.3) is 11.1 Å². The van der Waals surface area contributed by atoms with Crippen molar-refractivity contribution in [2.75, 3.05) is 0 Å². The van der Waals surface area contributed by atoms with Gasteiger partial charge in [-0.25, -0.2) is 0 Å². The highest BCUT2D eigenvalue weighted by Crippen LogP contribution is 2.23. The molecule has 1 radical (unpaired) electrons. The molecule has 113 valence electrons. The zero-order valence-electron chi connectivity index (χ0n) is 13.1. The van der Waals surface area contributed by atoms with Crippen LogP contribution in [-0.4, -0.2) is 6.21 Å². The number of nitrogens with zero attached hydrogens (tertiary/aromatic N) is 1. The van der Waals surface area contributed by atoms with Crippen LogP contribution in [0.5, 0.6) is 0 Å². The molecule has 0 saturated carbocycles. The Morgan fingerprint density at radius 2 is 1.65 bits per heavy atom. The molecule has 0 spiro atoms. The fourth-order valence-electron chi connectivity index (χ4n) is 2.45. The average molecular weight is 300 g/mol. The molecule has 2 nitrogen and oxygen atoms in total. The largest absolute Gasteiger partial charge is 0.390 e. The van der Waals surface area contributed by atoms with Gasteiger partial charge in [0.1, 0.15) is 12.8 Å². The highest BCUT2D eigenvalue weighted by Gasteiger charge is 2.04. The van der Waals surface area contributed by atoms with Gasteiger partial charge in [0, 0.05) is 5.56 Å². The molecule has 3 aromatic carbocycles. The third-order valence-corrected chi connectivity index (χ3v) is 3.58. The summed E-state index contributed by atoms with van der Waals surface area (Å²) >= 11 is 0. The molecular formula is C21H18NO. The second-order valence-electron chi connectivity index (χ2n) is 5.37. The summed E-state index contributed by atoms with van der Waals surface area (Å²) in [6.07, 6.45) is 2.92. The van der Waals surface area contributed by atoms with Gasteiger partial charge in [0.2, 0.25) is 0 Å². The lowest BCUT2D eigenvalue weighted by Gasteiger charge is -2.08. The smallest absolute Gasteiger partial charge is 0.142 e. The van der Waals surface area contributed by atoms with Crippen LogP contribution in [0.15, 0.2) is 84.0 Å². The van der Waals surface area contributed by atoms with Crippen molar-refractivity contribution in [3.05, 3.63) is 95.6 Å². The number of hydrogen-bond donors (Lipinski definition) is 0. The van der Waals surface area contributed by atoms with Crippen molar-refractivity contribution in [1.29, 1.82) is 0 Å². The maximum absolute atomic E-state index is 5.44. The van der Waals surface area contributed by atoms with Crippen molar-refractivity contribution in [2.24, 2.45) is 5.16 Å². The van der Waals surface area contributed by atoms with E-state index in [-0.39, 0.29) is 0 Å². The van der Waals surface area contributed by atoms with Crippen LogP contribution >= 0.6 is 0 Å². The van der Waals surface area contributed by atoms with E-state index in [0.717, 1.165) is 11.1 Å². The van der Waals surface area contributed by atoms with E-state index in [1.54, 1.807) is 0 Å². The first-order chi connectivity index (χ1) is 11.3. The van der Waals surface area contributed by atoms with Gasteiger partial charge in [-0.05, 0) is 29.7 Å². The summed E-state index contributed by atoms with van der Waals surface area (Å²) in [5.41, 5.74) is 5.55. The first-order valence-electron chi connectivity index (χ1n) is 7.61. The molecule has 0 unspecified atom stereocenters. The normalized spacial score (nSPS) is 10.8. The second-order valence-corrected chi connectivity index (χ2v) is 5.37. The van der Waals surface area contributed by atoms with E-state index in [1.807, 2.05) is 61.5 Å². The van der Waals surface area contributed by atoms with Gasteiger partial charge in [-0.3, -0.25) is 0 Å². The highest BCUT2D eigenvalue weighted by molar-refractivity contribution is 5.79. The Kier molecular flexibility index (Phi) is 4.85. The molecule has 0 aromatic heterocycles. The van der Waals surface area contributed by atoms with E-state index in [9.17, 15) is 0 Å². The molecule has 3 aromatic rings. The van der Waals surface area contributed by atoms with Gasteiger partial charge >= 0.3 is 0 Å². The molecule has 0 saturated heterocycles. The molecule has 0 amide bonds. The Balaban J connectivity index is 1.69. The molecule has 0 atom stereocenters. The zero-order chi connectivity index (χ0) is 15.9. The molecule has 0 heterocycles.